The fourth-order valence-electron chi connectivity index (χ4n) is 1.66. The zero-order valence-electron chi connectivity index (χ0n) is 10.0. The second-order valence-corrected chi connectivity index (χ2v) is 3.51. The van der Waals surface area contributed by atoms with Crippen molar-refractivity contribution in [3.05, 3.63) is 22.6 Å². The molecule has 7 nitrogen and oxygen atoms in total. The van der Waals surface area contributed by atoms with Crippen LogP contribution in [0, 0.1) is 4.91 Å². The van der Waals surface area contributed by atoms with E-state index in [4.69, 9.17) is 15.2 Å². The van der Waals surface area contributed by atoms with E-state index in [0.717, 1.165) is 0 Å². The fourth-order valence-corrected chi connectivity index (χ4v) is 1.66. The van der Waals surface area contributed by atoms with E-state index in [9.17, 15) is 4.91 Å². The summed E-state index contributed by atoms with van der Waals surface area (Å²) in [5, 5.41) is 2.88. The van der Waals surface area contributed by atoms with Gasteiger partial charge in [0.25, 0.3) is 11.8 Å². The van der Waals surface area contributed by atoms with Gasteiger partial charge in [0, 0.05) is 6.54 Å². The quantitative estimate of drug-likeness (QED) is 0.823. The summed E-state index contributed by atoms with van der Waals surface area (Å²) in [5.74, 6) is 0.516. The van der Waals surface area contributed by atoms with Gasteiger partial charge < -0.3 is 15.2 Å². The Bertz CT molecular complexity index is 600. The Morgan fingerprint density at radius 2 is 1.89 bits per heavy atom. The molecule has 2 rings (SSSR count). The highest BCUT2D eigenvalue weighted by atomic mass is 16.5. The largest absolute Gasteiger partial charge is 0.477 e. The number of methoxy groups -OCH3 is 2. The van der Waals surface area contributed by atoms with E-state index in [1.165, 1.54) is 20.3 Å². The molecule has 1 heterocycles. The van der Waals surface area contributed by atoms with E-state index in [1.807, 2.05) is 0 Å². The Morgan fingerprint density at radius 3 is 2.44 bits per heavy atom. The van der Waals surface area contributed by atoms with Gasteiger partial charge in [-0.25, -0.2) is 9.97 Å². The predicted octanol–water partition coefficient (Wildman–Crippen LogP) is 1.50. The molecule has 7 heteroatoms. The average molecular weight is 248 g/mol. The van der Waals surface area contributed by atoms with E-state index in [-0.39, 0.29) is 24.0 Å². The molecule has 1 aromatic heterocycles. The van der Waals surface area contributed by atoms with Crippen LogP contribution < -0.4 is 15.2 Å². The first-order chi connectivity index (χ1) is 8.73. The minimum absolute atomic E-state index is 0.226. The number of nitrogens with zero attached hydrogens (tertiary/aromatic N) is 3. The number of nitroso groups, excluding NO2 is 1. The molecular weight excluding hydrogens is 236 g/mol. The maximum Gasteiger partial charge on any atom is 0.278 e. The maximum absolute atomic E-state index is 10.6. The van der Waals surface area contributed by atoms with Crippen molar-refractivity contribution in [2.24, 2.45) is 10.9 Å². The molecule has 94 valence electrons. The molecule has 0 aliphatic carbocycles. The zero-order valence-corrected chi connectivity index (χ0v) is 10.0. The molecule has 0 saturated heterocycles. The third-order valence-electron chi connectivity index (χ3n) is 2.48. The Hall–Kier alpha value is -2.28. The molecular formula is C11H12N4O3. The summed E-state index contributed by atoms with van der Waals surface area (Å²) < 4.78 is 10.1. The number of fused-ring (bicyclic) bond motifs is 1. The van der Waals surface area contributed by atoms with Gasteiger partial charge in [-0.2, -0.15) is 0 Å². The van der Waals surface area contributed by atoms with Crippen LogP contribution in [0.1, 0.15) is 5.56 Å². The van der Waals surface area contributed by atoms with Crippen LogP contribution >= 0.6 is 0 Å². The van der Waals surface area contributed by atoms with Crippen LogP contribution in [0.25, 0.3) is 11.0 Å². The topological polar surface area (TPSA) is 99.7 Å². The van der Waals surface area contributed by atoms with Crippen molar-refractivity contribution in [3.8, 4) is 11.8 Å². The van der Waals surface area contributed by atoms with Gasteiger partial charge in [0.05, 0.1) is 25.3 Å². The summed E-state index contributed by atoms with van der Waals surface area (Å²) in [4.78, 5) is 19.1. The lowest BCUT2D eigenvalue weighted by Gasteiger charge is -2.09. The first-order valence-corrected chi connectivity index (χ1v) is 5.19. The summed E-state index contributed by atoms with van der Waals surface area (Å²) in [6, 6.07) is 3.10. The van der Waals surface area contributed by atoms with Crippen molar-refractivity contribution >= 4 is 16.7 Å². The number of hydrogen-bond acceptors (Lipinski definition) is 7. The van der Waals surface area contributed by atoms with E-state index < -0.39 is 0 Å². The summed E-state index contributed by atoms with van der Waals surface area (Å²) in [5.41, 5.74) is 7.61. The van der Waals surface area contributed by atoms with E-state index in [1.54, 1.807) is 6.07 Å². The Labute approximate surface area is 103 Å². The molecule has 0 fully saturated rings. The lowest BCUT2D eigenvalue weighted by atomic mass is 10.1. The standard InChI is InChI=1S/C11H12N4O3/c1-17-10-11(18-2)14-9-6(5-12)3-7(15-16)4-8(9)13-10/h3-4H,5,12H2,1-2H3. The van der Waals surface area contributed by atoms with Crippen LogP contribution in [0.4, 0.5) is 5.69 Å². The van der Waals surface area contributed by atoms with Gasteiger partial charge in [-0.3, -0.25) is 0 Å². The van der Waals surface area contributed by atoms with Crippen molar-refractivity contribution in [1.82, 2.24) is 9.97 Å². The Balaban J connectivity index is 2.78. The highest BCUT2D eigenvalue weighted by Gasteiger charge is 2.13. The molecule has 0 spiro atoms. The van der Waals surface area contributed by atoms with Crippen molar-refractivity contribution in [1.29, 1.82) is 0 Å². The van der Waals surface area contributed by atoms with Gasteiger partial charge in [-0.05, 0) is 22.9 Å². The first-order valence-electron chi connectivity index (χ1n) is 5.19. The molecule has 0 bridgehead atoms. The summed E-state index contributed by atoms with van der Waals surface area (Å²) in [6.45, 7) is 0.226. The second kappa shape index (κ2) is 4.92. The van der Waals surface area contributed by atoms with Crippen LogP contribution in [0.15, 0.2) is 17.3 Å². The van der Waals surface area contributed by atoms with Crippen molar-refractivity contribution in [3.63, 3.8) is 0 Å². The number of benzene rings is 1. The third kappa shape index (κ3) is 1.95. The van der Waals surface area contributed by atoms with Gasteiger partial charge in [-0.1, -0.05) is 0 Å². The maximum atomic E-state index is 10.6. The van der Waals surface area contributed by atoms with Crippen LogP contribution in [-0.2, 0) is 6.54 Å². The summed E-state index contributed by atoms with van der Waals surface area (Å²) in [6.07, 6.45) is 0. The number of rotatable bonds is 4. The lowest BCUT2D eigenvalue weighted by molar-refractivity contribution is 0.334. The van der Waals surface area contributed by atoms with Crippen LogP contribution in [0.3, 0.4) is 0 Å². The monoisotopic (exact) mass is 248 g/mol. The van der Waals surface area contributed by atoms with Crippen molar-refractivity contribution in [2.45, 2.75) is 6.54 Å². The Morgan fingerprint density at radius 1 is 1.22 bits per heavy atom. The minimum atomic E-state index is 0.226. The average Bonchev–Trinajstić information content (AvgIpc) is 2.44. The molecule has 0 radical (unpaired) electrons. The van der Waals surface area contributed by atoms with Gasteiger partial charge >= 0.3 is 0 Å². The van der Waals surface area contributed by atoms with E-state index >= 15 is 0 Å². The molecule has 18 heavy (non-hydrogen) atoms. The minimum Gasteiger partial charge on any atom is -0.477 e. The van der Waals surface area contributed by atoms with E-state index in [0.29, 0.717) is 16.6 Å². The fraction of sp³-hybridized carbons (Fsp3) is 0.273. The SMILES string of the molecule is COc1nc2cc(N=O)cc(CN)c2nc1OC. The highest BCUT2D eigenvalue weighted by Crippen LogP contribution is 2.29. The zero-order chi connectivity index (χ0) is 13.1. The molecule has 0 aliphatic heterocycles. The molecule has 0 unspecified atom stereocenters. The summed E-state index contributed by atoms with van der Waals surface area (Å²) in [7, 11) is 2.94. The molecule has 2 aromatic rings. The van der Waals surface area contributed by atoms with Crippen LogP contribution in [-0.4, -0.2) is 24.2 Å². The van der Waals surface area contributed by atoms with Crippen molar-refractivity contribution < 1.29 is 9.47 Å². The molecule has 0 amide bonds. The second-order valence-electron chi connectivity index (χ2n) is 3.51. The van der Waals surface area contributed by atoms with Crippen LogP contribution in [0.5, 0.6) is 11.8 Å². The molecule has 0 atom stereocenters. The van der Waals surface area contributed by atoms with Gasteiger partial charge in [-0.15, -0.1) is 4.91 Å². The van der Waals surface area contributed by atoms with Crippen LogP contribution in [0.2, 0.25) is 0 Å². The molecule has 0 saturated carbocycles. The highest BCUT2D eigenvalue weighted by molar-refractivity contribution is 5.82. The smallest absolute Gasteiger partial charge is 0.278 e. The van der Waals surface area contributed by atoms with Gasteiger partial charge in [0.2, 0.25) is 0 Å². The number of hydrogen-bond donors (Lipinski definition) is 1. The Kier molecular flexibility index (Phi) is 3.33. The lowest BCUT2D eigenvalue weighted by Crippen LogP contribution is -2.02. The third-order valence-corrected chi connectivity index (χ3v) is 2.48. The predicted molar refractivity (Wildman–Crippen MR) is 66.0 cm³/mol. The van der Waals surface area contributed by atoms with Crippen molar-refractivity contribution in [2.75, 3.05) is 14.2 Å². The van der Waals surface area contributed by atoms with E-state index in [2.05, 4.69) is 15.1 Å². The molecule has 0 aliphatic rings. The molecule has 1 aromatic carbocycles. The van der Waals surface area contributed by atoms with Gasteiger partial charge in [0.1, 0.15) is 5.69 Å². The van der Waals surface area contributed by atoms with Gasteiger partial charge in [0.15, 0.2) is 0 Å². The number of ether oxygens (including phenoxy) is 2. The number of nitrogens with two attached hydrogens (primary N) is 1. The molecule has 2 N–H and O–H groups in total. The first kappa shape index (κ1) is 12.2. The normalized spacial score (nSPS) is 10.4. The number of aromatic nitrogens is 2. The summed E-state index contributed by atoms with van der Waals surface area (Å²) >= 11 is 0.